The van der Waals surface area contributed by atoms with E-state index in [1.54, 1.807) is 0 Å². The Morgan fingerprint density at radius 2 is 1.71 bits per heavy atom. The fourth-order valence-corrected chi connectivity index (χ4v) is 1.20. The topological polar surface area (TPSA) is 80.9 Å². The molecule has 0 aromatic carbocycles. The van der Waals surface area contributed by atoms with Gasteiger partial charge in [-0.05, 0) is 26.7 Å². The molecule has 0 aliphatic rings. The van der Waals surface area contributed by atoms with E-state index in [1.165, 1.54) is 13.8 Å². The lowest BCUT2D eigenvalue weighted by atomic mass is 9.90. The number of rotatable bonds is 7. The van der Waals surface area contributed by atoms with E-state index in [2.05, 4.69) is 0 Å². The van der Waals surface area contributed by atoms with Crippen LogP contribution in [0.15, 0.2) is 0 Å². The molecule has 4 nitrogen and oxygen atoms in total. The van der Waals surface area contributed by atoms with Crippen molar-refractivity contribution in [3.8, 4) is 0 Å². The van der Waals surface area contributed by atoms with Crippen molar-refractivity contribution in [3.05, 3.63) is 0 Å². The Hall–Kier alpha value is -0.160. The van der Waals surface area contributed by atoms with Gasteiger partial charge in [0.2, 0.25) is 0 Å². The highest BCUT2D eigenvalue weighted by Gasteiger charge is 2.34. The predicted molar refractivity (Wildman–Crippen MR) is 53.9 cm³/mol. The summed E-state index contributed by atoms with van der Waals surface area (Å²) in [6, 6.07) is 0. The first-order chi connectivity index (χ1) is 6.42. The summed E-state index contributed by atoms with van der Waals surface area (Å²) in [5, 5.41) is 37.0. The highest BCUT2D eigenvalue weighted by atomic mass is 16.4. The number of aliphatic hydroxyl groups excluding tert-OH is 3. The van der Waals surface area contributed by atoms with E-state index in [-0.39, 0.29) is 6.61 Å². The van der Waals surface area contributed by atoms with Crippen LogP contribution in [0.25, 0.3) is 0 Å². The van der Waals surface area contributed by atoms with Crippen LogP contribution in [0.2, 0.25) is 0 Å². The molecule has 0 amide bonds. The van der Waals surface area contributed by atoms with Gasteiger partial charge in [-0.2, -0.15) is 0 Å². The molecule has 4 N–H and O–H groups in total. The molecule has 0 aliphatic heterocycles. The lowest BCUT2D eigenvalue weighted by Gasteiger charge is -2.31. The summed E-state index contributed by atoms with van der Waals surface area (Å²) in [6.07, 6.45) is 0.853. The molecule has 3 unspecified atom stereocenters. The van der Waals surface area contributed by atoms with Crippen LogP contribution in [-0.2, 0) is 0 Å². The van der Waals surface area contributed by atoms with Crippen molar-refractivity contribution in [2.75, 3.05) is 6.61 Å². The summed E-state index contributed by atoms with van der Waals surface area (Å²) >= 11 is 0. The van der Waals surface area contributed by atoms with Gasteiger partial charge < -0.3 is 20.4 Å². The largest absolute Gasteiger partial charge is 0.396 e. The van der Waals surface area contributed by atoms with Crippen LogP contribution in [0.5, 0.6) is 0 Å². The quantitative estimate of drug-likeness (QED) is 0.443. The van der Waals surface area contributed by atoms with Crippen molar-refractivity contribution in [1.29, 1.82) is 0 Å². The maximum Gasteiger partial charge on any atom is 0.113 e. The van der Waals surface area contributed by atoms with Crippen LogP contribution in [0.1, 0.15) is 39.5 Å². The van der Waals surface area contributed by atoms with Crippen LogP contribution in [0, 0.1) is 0 Å². The van der Waals surface area contributed by atoms with Crippen LogP contribution in [0.3, 0.4) is 0 Å². The molecule has 0 saturated heterocycles. The molecule has 0 aromatic rings. The van der Waals surface area contributed by atoms with Gasteiger partial charge in [-0.1, -0.05) is 12.8 Å². The molecule has 0 fully saturated rings. The Kier molecular flexibility index (Phi) is 6.27. The third kappa shape index (κ3) is 4.37. The molecule has 0 aliphatic carbocycles. The molecule has 0 rings (SSSR count). The van der Waals surface area contributed by atoms with E-state index in [9.17, 15) is 15.3 Å². The van der Waals surface area contributed by atoms with Crippen LogP contribution in [-0.4, -0.2) is 44.8 Å². The monoisotopic (exact) mass is 206 g/mol. The van der Waals surface area contributed by atoms with Gasteiger partial charge in [0.05, 0.1) is 12.2 Å². The van der Waals surface area contributed by atoms with Crippen molar-refractivity contribution in [2.45, 2.75) is 57.3 Å². The number of aliphatic hydroxyl groups is 4. The van der Waals surface area contributed by atoms with E-state index < -0.39 is 17.8 Å². The molecule has 0 spiro atoms. The average Bonchev–Trinajstić information content (AvgIpc) is 2.11. The van der Waals surface area contributed by atoms with E-state index in [1.807, 2.05) is 0 Å². The minimum atomic E-state index is -1.45. The normalized spacial score (nSPS) is 20.1. The molecule has 3 atom stereocenters. The number of hydrogen-bond acceptors (Lipinski definition) is 4. The molecule has 0 heterocycles. The third-order valence-corrected chi connectivity index (χ3v) is 2.66. The second kappa shape index (κ2) is 6.35. The molecule has 86 valence electrons. The molecular weight excluding hydrogens is 184 g/mol. The molecule has 14 heavy (non-hydrogen) atoms. The maximum absolute atomic E-state index is 9.67. The first-order valence-corrected chi connectivity index (χ1v) is 5.12. The van der Waals surface area contributed by atoms with Crippen LogP contribution in [0.4, 0.5) is 0 Å². The molecule has 0 radical (unpaired) electrons. The maximum atomic E-state index is 9.67. The van der Waals surface area contributed by atoms with Gasteiger partial charge in [-0.3, -0.25) is 0 Å². The van der Waals surface area contributed by atoms with Gasteiger partial charge in [0.25, 0.3) is 0 Å². The molecule has 4 heteroatoms. The van der Waals surface area contributed by atoms with E-state index in [4.69, 9.17) is 5.11 Å². The average molecular weight is 206 g/mol. The summed E-state index contributed by atoms with van der Waals surface area (Å²) in [6.45, 7) is 3.04. The van der Waals surface area contributed by atoms with Crippen LogP contribution < -0.4 is 0 Å². The molecule has 0 aromatic heterocycles. The fraction of sp³-hybridized carbons (Fsp3) is 1.00. The van der Waals surface area contributed by atoms with Crippen molar-refractivity contribution >= 4 is 0 Å². The van der Waals surface area contributed by atoms with Crippen LogP contribution >= 0.6 is 0 Å². The first kappa shape index (κ1) is 13.8. The zero-order chi connectivity index (χ0) is 11.2. The summed E-state index contributed by atoms with van der Waals surface area (Å²) in [7, 11) is 0. The summed E-state index contributed by atoms with van der Waals surface area (Å²) < 4.78 is 0. The summed E-state index contributed by atoms with van der Waals surface area (Å²) in [5.41, 5.74) is -1.45. The standard InChI is InChI=1S/C10H22O4/c1-8(12)10(2,14)9(13)6-4-3-5-7-11/h8-9,11-14H,3-7H2,1-2H3. The van der Waals surface area contributed by atoms with Gasteiger partial charge in [0.15, 0.2) is 0 Å². The Balaban J connectivity index is 3.77. The first-order valence-electron chi connectivity index (χ1n) is 5.12. The Morgan fingerprint density at radius 1 is 1.14 bits per heavy atom. The van der Waals surface area contributed by atoms with E-state index >= 15 is 0 Å². The minimum Gasteiger partial charge on any atom is -0.396 e. The van der Waals surface area contributed by atoms with Crippen molar-refractivity contribution in [2.24, 2.45) is 0 Å². The highest BCUT2D eigenvalue weighted by molar-refractivity contribution is 4.86. The minimum absolute atomic E-state index is 0.156. The lowest BCUT2D eigenvalue weighted by Crippen LogP contribution is -2.48. The number of unbranched alkanes of at least 4 members (excludes halogenated alkanes) is 2. The van der Waals surface area contributed by atoms with E-state index in [0.717, 1.165) is 12.8 Å². The summed E-state index contributed by atoms with van der Waals surface area (Å²) in [5.74, 6) is 0. The Morgan fingerprint density at radius 3 is 2.14 bits per heavy atom. The van der Waals surface area contributed by atoms with Crippen molar-refractivity contribution in [1.82, 2.24) is 0 Å². The Labute approximate surface area is 85.2 Å². The predicted octanol–water partition coefficient (Wildman–Crippen LogP) is 0.0318. The lowest BCUT2D eigenvalue weighted by molar-refractivity contribution is -0.130. The van der Waals surface area contributed by atoms with Gasteiger partial charge in [-0.25, -0.2) is 0 Å². The zero-order valence-electron chi connectivity index (χ0n) is 8.98. The molecular formula is C10H22O4. The highest BCUT2D eigenvalue weighted by Crippen LogP contribution is 2.19. The SMILES string of the molecule is CC(O)C(C)(O)C(O)CCCCCO. The van der Waals surface area contributed by atoms with E-state index in [0.29, 0.717) is 12.8 Å². The van der Waals surface area contributed by atoms with Gasteiger partial charge in [0.1, 0.15) is 5.60 Å². The molecule has 0 saturated carbocycles. The second-order valence-corrected chi connectivity index (χ2v) is 3.99. The van der Waals surface area contributed by atoms with Crippen molar-refractivity contribution < 1.29 is 20.4 Å². The summed E-state index contributed by atoms with van der Waals surface area (Å²) in [4.78, 5) is 0. The molecule has 0 bridgehead atoms. The number of hydrogen-bond donors (Lipinski definition) is 4. The van der Waals surface area contributed by atoms with Gasteiger partial charge >= 0.3 is 0 Å². The second-order valence-electron chi connectivity index (χ2n) is 3.99. The Bertz CT molecular complexity index is 145. The smallest absolute Gasteiger partial charge is 0.113 e. The van der Waals surface area contributed by atoms with Crippen molar-refractivity contribution in [3.63, 3.8) is 0 Å². The van der Waals surface area contributed by atoms with Gasteiger partial charge in [-0.15, -0.1) is 0 Å². The fourth-order valence-electron chi connectivity index (χ4n) is 1.20. The zero-order valence-corrected chi connectivity index (χ0v) is 8.98. The third-order valence-electron chi connectivity index (χ3n) is 2.66. The van der Waals surface area contributed by atoms with Gasteiger partial charge in [0, 0.05) is 6.61 Å².